The third-order valence-corrected chi connectivity index (χ3v) is 1.12. The van der Waals surface area contributed by atoms with E-state index in [4.69, 9.17) is 0 Å². The normalized spacial score (nSPS) is 6.64. The summed E-state index contributed by atoms with van der Waals surface area (Å²) in [6.45, 7) is 5.83. The van der Waals surface area contributed by atoms with Gasteiger partial charge in [0.2, 0.25) is 0 Å². The van der Waals surface area contributed by atoms with Crippen LogP contribution in [0.5, 0.6) is 0 Å². The molecule has 0 aromatic heterocycles. The molecule has 3 heteroatoms. The summed E-state index contributed by atoms with van der Waals surface area (Å²) in [6, 6.07) is 8.13. The standard InChI is InChI=1S/C8H9.3Y/c1-7-3-5-8(2)6-4-7;;;/h3-6H,1H2,2H3;;;/q-1;;;. The summed E-state index contributed by atoms with van der Waals surface area (Å²) in [6.07, 6.45) is 0. The molecule has 3 radical (unpaired) electrons. The van der Waals surface area contributed by atoms with Gasteiger partial charge in [-0.15, -0.1) is 12.1 Å². The largest absolute Gasteiger partial charge is 0.199 e. The van der Waals surface area contributed by atoms with Gasteiger partial charge in [0.1, 0.15) is 0 Å². The van der Waals surface area contributed by atoms with Crippen molar-refractivity contribution in [3.63, 3.8) is 0 Å². The predicted molar refractivity (Wildman–Crippen MR) is 35.6 cm³/mol. The fourth-order valence-electron chi connectivity index (χ4n) is 0.588. The monoisotopic (exact) mass is 372 g/mol. The van der Waals surface area contributed by atoms with Crippen LogP contribution in [-0.2, 0) is 98.1 Å². The average Bonchev–Trinajstić information content (AvgIpc) is 1.77. The number of hydrogen-bond donors (Lipinski definition) is 0. The molecule has 0 N–H and O–H groups in total. The van der Waals surface area contributed by atoms with E-state index < -0.39 is 0 Å². The minimum Gasteiger partial charge on any atom is -0.199 e. The molecular weight excluding hydrogens is 363 g/mol. The first-order valence-corrected chi connectivity index (χ1v) is 2.67. The van der Waals surface area contributed by atoms with Crippen LogP contribution in [0.4, 0.5) is 0 Å². The van der Waals surface area contributed by atoms with Crippen molar-refractivity contribution in [2.24, 2.45) is 0 Å². The molecule has 0 aliphatic carbocycles. The van der Waals surface area contributed by atoms with E-state index >= 15 is 0 Å². The van der Waals surface area contributed by atoms with Crippen LogP contribution in [0.25, 0.3) is 0 Å². The topological polar surface area (TPSA) is 0 Å². The zero-order valence-electron chi connectivity index (χ0n) is 6.75. The summed E-state index contributed by atoms with van der Waals surface area (Å²) >= 11 is 0. The quantitative estimate of drug-likeness (QED) is 0.613. The Balaban J connectivity index is -0.000000213. The zero-order valence-corrected chi connectivity index (χ0v) is 15.3. The summed E-state index contributed by atoms with van der Waals surface area (Å²) in [5, 5.41) is 0. The molecule has 0 aliphatic rings. The van der Waals surface area contributed by atoms with Gasteiger partial charge in [0.15, 0.2) is 0 Å². The molecule has 1 rings (SSSR count). The Bertz CT molecular complexity index is 148. The van der Waals surface area contributed by atoms with Crippen LogP contribution >= 0.6 is 0 Å². The molecule has 0 nitrogen and oxygen atoms in total. The van der Waals surface area contributed by atoms with E-state index in [1.165, 1.54) is 5.56 Å². The minimum absolute atomic E-state index is 0. The maximum atomic E-state index is 3.76. The molecule has 11 heavy (non-hydrogen) atoms. The smallest absolute Gasteiger partial charge is 0 e. The molecule has 0 fully saturated rings. The summed E-state index contributed by atoms with van der Waals surface area (Å²) < 4.78 is 0. The fraction of sp³-hybridized carbons (Fsp3) is 0.125. The molecule has 0 heterocycles. The molecule has 51 valence electrons. The van der Waals surface area contributed by atoms with E-state index in [2.05, 4.69) is 26.0 Å². The molecule has 0 amide bonds. The Hall–Kier alpha value is 2.40. The number of rotatable bonds is 0. The molecule has 1 aromatic rings. The van der Waals surface area contributed by atoms with E-state index in [0.29, 0.717) is 0 Å². The van der Waals surface area contributed by atoms with E-state index in [1.54, 1.807) is 0 Å². The second-order valence-corrected chi connectivity index (χ2v) is 1.99. The second kappa shape index (κ2) is 10.5. The summed E-state index contributed by atoms with van der Waals surface area (Å²) in [5.74, 6) is 0. The predicted octanol–water partition coefficient (Wildman–Crippen LogP) is 2.17. The fourth-order valence-corrected chi connectivity index (χ4v) is 0.588. The van der Waals surface area contributed by atoms with Crippen molar-refractivity contribution in [1.29, 1.82) is 0 Å². The second-order valence-electron chi connectivity index (χ2n) is 1.99. The van der Waals surface area contributed by atoms with Crippen LogP contribution in [0.1, 0.15) is 11.1 Å². The number of hydrogen-bond acceptors (Lipinski definition) is 0. The molecule has 0 atom stereocenters. The molecule has 0 saturated heterocycles. The Morgan fingerprint density at radius 2 is 1.27 bits per heavy atom. The molecule has 0 aliphatic heterocycles. The maximum Gasteiger partial charge on any atom is 0 e. The molecule has 0 saturated carbocycles. The molecule has 0 spiro atoms. The van der Waals surface area contributed by atoms with Crippen LogP contribution in [0.15, 0.2) is 24.3 Å². The van der Waals surface area contributed by atoms with E-state index in [9.17, 15) is 0 Å². The van der Waals surface area contributed by atoms with E-state index in [1.807, 2.05) is 12.1 Å². The van der Waals surface area contributed by atoms with Crippen molar-refractivity contribution in [3.8, 4) is 0 Å². The van der Waals surface area contributed by atoms with Crippen molar-refractivity contribution in [2.45, 2.75) is 6.92 Å². The van der Waals surface area contributed by atoms with Crippen molar-refractivity contribution >= 4 is 0 Å². The van der Waals surface area contributed by atoms with Gasteiger partial charge in [-0.3, -0.25) is 0 Å². The Morgan fingerprint density at radius 3 is 1.55 bits per heavy atom. The molecule has 0 unspecified atom stereocenters. The van der Waals surface area contributed by atoms with Gasteiger partial charge in [0.25, 0.3) is 0 Å². The van der Waals surface area contributed by atoms with Crippen molar-refractivity contribution < 1.29 is 98.1 Å². The van der Waals surface area contributed by atoms with Crippen LogP contribution in [0, 0.1) is 13.8 Å². The van der Waals surface area contributed by atoms with Gasteiger partial charge in [-0.05, 0) is 6.92 Å². The Labute approximate surface area is 144 Å². The van der Waals surface area contributed by atoms with Gasteiger partial charge in [-0.25, -0.2) is 0 Å². The molecule has 0 bridgehead atoms. The molecule has 1 aromatic carbocycles. The molecular formula is C8H9Y3-. The first kappa shape index (κ1) is 19.1. The first-order chi connectivity index (χ1) is 3.79. The first-order valence-electron chi connectivity index (χ1n) is 2.67. The van der Waals surface area contributed by atoms with Gasteiger partial charge in [0.05, 0.1) is 0 Å². The zero-order chi connectivity index (χ0) is 5.98. The van der Waals surface area contributed by atoms with Crippen LogP contribution in [0.3, 0.4) is 0 Å². The van der Waals surface area contributed by atoms with Crippen LogP contribution in [0.2, 0.25) is 0 Å². The van der Waals surface area contributed by atoms with Gasteiger partial charge in [0, 0.05) is 98.1 Å². The van der Waals surface area contributed by atoms with Gasteiger partial charge < -0.3 is 0 Å². The van der Waals surface area contributed by atoms with Crippen molar-refractivity contribution in [2.75, 3.05) is 0 Å². The summed E-state index contributed by atoms with van der Waals surface area (Å²) in [4.78, 5) is 0. The van der Waals surface area contributed by atoms with E-state index in [0.717, 1.165) is 5.56 Å². The maximum absolute atomic E-state index is 3.76. The van der Waals surface area contributed by atoms with Gasteiger partial charge in [-0.1, -0.05) is 5.56 Å². The summed E-state index contributed by atoms with van der Waals surface area (Å²) in [5.41, 5.74) is 2.37. The van der Waals surface area contributed by atoms with Gasteiger partial charge in [-0.2, -0.15) is 24.6 Å². The average molecular weight is 372 g/mol. The third kappa shape index (κ3) is 8.72. The Kier molecular flexibility index (Phi) is 18.2. The van der Waals surface area contributed by atoms with E-state index in [-0.39, 0.29) is 98.1 Å². The van der Waals surface area contributed by atoms with Crippen molar-refractivity contribution in [1.82, 2.24) is 0 Å². The number of benzene rings is 1. The minimum atomic E-state index is 0. The van der Waals surface area contributed by atoms with Crippen LogP contribution < -0.4 is 0 Å². The SMILES string of the molecule is [CH2-]c1ccc(C)cc1.[Y].[Y].[Y]. The van der Waals surface area contributed by atoms with Crippen LogP contribution in [-0.4, -0.2) is 0 Å². The van der Waals surface area contributed by atoms with Crippen molar-refractivity contribution in [3.05, 3.63) is 42.3 Å². The number of aryl methyl sites for hydroxylation is 1. The third-order valence-electron chi connectivity index (χ3n) is 1.12. The Morgan fingerprint density at radius 1 is 0.909 bits per heavy atom. The van der Waals surface area contributed by atoms with Gasteiger partial charge >= 0.3 is 0 Å². The summed E-state index contributed by atoms with van der Waals surface area (Å²) in [7, 11) is 0.